The van der Waals surface area contributed by atoms with Gasteiger partial charge in [0.2, 0.25) is 0 Å². The summed E-state index contributed by atoms with van der Waals surface area (Å²) in [6, 6.07) is 0. The van der Waals surface area contributed by atoms with Gasteiger partial charge in [0.15, 0.2) is 10.9 Å². The van der Waals surface area contributed by atoms with E-state index in [0.717, 1.165) is 0 Å². The molecule has 0 saturated carbocycles. The van der Waals surface area contributed by atoms with Crippen molar-refractivity contribution in [2.45, 2.75) is 24.5 Å². The zero-order valence-electron chi connectivity index (χ0n) is 9.54. The Bertz CT molecular complexity index is 558. The molecular weight excluding hydrogens is 263 g/mol. The summed E-state index contributed by atoms with van der Waals surface area (Å²) >= 11 is 4.86. The Hall–Kier alpha value is -1.09. The van der Waals surface area contributed by atoms with Crippen LogP contribution in [0, 0.1) is 4.77 Å². The average molecular weight is 276 g/mol. The summed E-state index contributed by atoms with van der Waals surface area (Å²) in [4.78, 5) is 14.1. The summed E-state index contributed by atoms with van der Waals surface area (Å²) in [5.74, 6) is 0. The van der Waals surface area contributed by atoms with Crippen LogP contribution in [0.1, 0.15) is 11.7 Å². The zero-order valence-corrected chi connectivity index (χ0v) is 10.4. The lowest BCUT2D eigenvalue weighted by molar-refractivity contribution is -0.0231. The second kappa shape index (κ2) is 4.88. The topological polar surface area (TPSA) is 87.5 Å². The molecule has 0 amide bonds. The van der Waals surface area contributed by atoms with Crippen LogP contribution in [0.2, 0.25) is 0 Å². The third-order valence-electron chi connectivity index (χ3n) is 2.94. The quantitative estimate of drug-likeness (QED) is 0.638. The molecule has 1 aliphatic heterocycles. The Morgan fingerprint density at radius 1 is 1.67 bits per heavy atom. The van der Waals surface area contributed by atoms with Crippen molar-refractivity contribution < 1.29 is 19.3 Å². The van der Waals surface area contributed by atoms with Gasteiger partial charge in [-0.3, -0.25) is 9.78 Å². The van der Waals surface area contributed by atoms with Crippen LogP contribution in [0.3, 0.4) is 0 Å². The summed E-state index contributed by atoms with van der Waals surface area (Å²) in [5, 5.41) is 18.4. The van der Waals surface area contributed by atoms with Crippen molar-refractivity contribution in [2.75, 3.05) is 6.61 Å². The van der Waals surface area contributed by atoms with Crippen LogP contribution in [-0.2, 0) is 11.8 Å². The van der Waals surface area contributed by atoms with E-state index < -0.39 is 36.6 Å². The lowest BCUT2D eigenvalue weighted by Gasteiger charge is -2.13. The Morgan fingerprint density at radius 2 is 2.33 bits per heavy atom. The molecule has 2 unspecified atom stereocenters. The molecule has 4 atom stereocenters. The molecule has 1 aromatic heterocycles. The van der Waals surface area contributed by atoms with Crippen LogP contribution < -0.4 is 5.56 Å². The number of nitrogens with zero attached hydrogens (tertiary/aromatic N) is 1. The van der Waals surface area contributed by atoms with Gasteiger partial charge in [-0.05, 0) is 12.2 Å². The fraction of sp³-hybridized carbons (Fsp3) is 0.600. The lowest BCUT2D eigenvalue weighted by Crippen LogP contribution is -2.30. The second-order valence-electron chi connectivity index (χ2n) is 4.17. The number of H-pyrrole nitrogens is 1. The number of hydrogen-bond acceptors (Lipinski definition) is 5. The van der Waals surface area contributed by atoms with Crippen molar-refractivity contribution in [3.63, 3.8) is 0 Å². The summed E-state index contributed by atoms with van der Waals surface area (Å²) < 4.78 is 20.6. The normalized spacial score (nSPS) is 31.8. The van der Waals surface area contributed by atoms with Gasteiger partial charge in [-0.15, -0.1) is 0 Å². The first-order chi connectivity index (χ1) is 8.45. The van der Waals surface area contributed by atoms with E-state index in [4.69, 9.17) is 22.1 Å². The molecule has 1 aromatic rings. The van der Waals surface area contributed by atoms with Gasteiger partial charge in [0.05, 0.1) is 12.2 Å². The molecule has 2 heterocycles. The summed E-state index contributed by atoms with van der Waals surface area (Å²) in [5.41, 5.74) is -0.523. The maximum atomic E-state index is 13.8. The number of aromatic nitrogens is 2. The van der Waals surface area contributed by atoms with Gasteiger partial charge in [0.25, 0.3) is 5.56 Å². The van der Waals surface area contributed by atoms with Crippen molar-refractivity contribution in [1.82, 2.24) is 9.55 Å². The largest absolute Gasteiger partial charge is 0.394 e. The fourth-order valence-corrected chi connectivity index (χ4v) is 2.06. The van der Waals surface area contributed by atoms with Gasteiger partial charge < -0.3 is 19.5 Å². The van der Waals surface area contributed by atoms with Crippen molar-refractivity contribution in [1.29, 1.82) is 0 Å². The van der Waals surface area contributed by atoms with Crippen molar-refractivity contribution >= 4 is 12.2 Å². The molecule has 0 spiro atoms. The Morgan fingerprint density at radius 3 is 2.89 bits per heavy atom. The number of aliphatic hydroxyl groups is 2. The Labute approximate surface area is 107 Å². The van der Waals surface area contributed by atoms with E-state index in [0.29, 0.717) is 0 Å². The number of halogens is 1. The van der Waals surface area contributed by atoms with E-state index in [9.17, 15) is 14.3 Å². The van der Waals surface area contributed by atoms with Crippen molar-refractivity contribution in [2.24, 2.45) is 7.05 Å². The Kier molecular flexibility index (Phi) is 3.62. The van der Waals surface area contributed by atoms with Crippen LogP contribution in [0.4, 0.5) is 4.39 Å². The standard InChI is InChI=1S/C10H13FN2O4S/c1-13-2-4(9(16)12-10(13)18)8-6(11)7(15)5(3-14)17-8/h2,5-8,14-15H,3H2,1H3,(H,12,16,18)/t5-,6?,7?,8+/m1/s1. The van der Waals surface area contributed by atoms with Crippen molar-refractivity contribution in [3.05, 3.63) is 26.9 Å². The monoisotopic (exact) mass is 276 g/mol. The molecule has 3 N–H and O–H groups in total. The molecule has 0 aliphatic carbocycles. The number of hydrogen-bond donors (Lipinski definition) is 3. The third-order valence-corrected chi connectivity index (χ3v) is 3.33. The van der Waals surface area contributed by atoms with Gasteiger partial charge in [-0.1, -0.05) is 0 Å². The summed E-state index contributed by atoms with van der Waals surface area (Å²) in [6.45, 7) is -0.513. The predicted molar refractivity (Wildman–Crippen MR) is 62.5 cm³/mol. The molecule has 2 rings (SSSR count). The van der Waals surface area contributed by atoms with Gasteiger partial charge in [0.1, 0.15) is 18.3 Å². The van der Waals surface area contributed by atoms with Crippen molar-refractivity contribution in [3.8, 4) is 0 Å². The smallest absolute Gasteiger partial charge is 0.257 e. The number of nitrogens with one attached hydrogen (secondary N) is 1. The van der Waals surface area contributed by atoms with Gasteiger partial charge in [0, 0.05) is 13.2 Å². The molecule has 0 bridgehead atoms. The van der Waals surface area contributed by atoms with E-state index in [1.165, 1.54) is 10.8 Å². The minimum Gasteiger partial charge on any atom is -0.394 e. The average Bonchev–Trinajstić information content (AvgIpc) is 2.61. The number of rotatable bonds is 2. The molecule has 8 heteroatoms. The van der Waals surface area contributed by atoms with Crippen LogP contribution in [0.25, 0.3) is 0 Å². The maximum Gasteiger partial charge on any atom is 0.257 e. The van der Waals surface area contributed by atoms with Gasteiger partial charge in [-0.25, -0.2) is 4.39 Å². The molecule has 0 aromatic carbocycles. The van der Waals surface area contributed by atoms with E-state index in [2.05, 4.69) is 4.98 Å². The summed E-state index contributed by atoms with van der Waals surface area (Å²) in [7, 11) is 1.60. The molecule has 0 radical (unpaired) electrons. The first kappa shape index (κ1) is 13.3. The predicted octanol–water partition coefficient (Wildman–Crippen LogP) is -0.426. The molecular formula is C10H13FN2O4S. The Balaban J connectivity index is 2.42. The van der Waals surface area contributed by atoms with E-state index >= 15 is 0 Å². The van der Waals surface area contributed by atoms with E-state index in [1.807, 2.05) is 0 Å². The number of aliphatic hydroxyl groups excluding tert-OH is 2. The number of aromatic amines is 1. The fourth-order valence-electron chi connectivity index (χ4n) is 1.91. The highest BCUT2D eigenvalue weighted by Gasteiger charge is 2.45. The molecule has 1 fully saturated rings. The molecule has 100 valence electrons. The van der Waals surface area contributed by atoms with Crippen LogP contribution in [0.5, 0.6) is 0 Å². The summed E-state index contributed by atoms with van der Waals surface area (Å²) in [6.07, 6.45) is -4.09. The second-order valence-corrected chi connectivity index (χ2v) is 4.55. The molecule has 1 aliphatic rings. The van der Waals surface area contributed by atoms with Gasteiger partial charge in [-0.2, -0.15) is 0 Å². The minimum absolute atomic E-state index is 0.0357. The SMILES string of the molecule is Cn1cc([C@@H]2O[C@H](CO)C(O)C2F)c(=O)[nH]c1=S. The molecule has 6 nitrogen and oxygen atoms in total. The first-order valence-electron chi connectivity index (χ1n) is 5.34. The minimum atomic E-state index is -1.76. The molecule has 1 saturated heterocycles. The van der Waals surface area contributed by atoms with E-state index in [1.54, 1.807) is 7.05 Å². The highest BCUT2D eigenvalue weighted by Crippen LogP contribution is 2.33. The zero-order chi connectivity index (χ0) is 13.4. The molecule has 18 heavy (non-hydrogen) atoms. The van der Waals surface area contributed by atoms with Crippen LogP contribution in [0.15, 0.2) is 11.0 Å². The highest BCUT2D eigenvalue weighted by atomic mass is 32.1. The van der Waals surface area contributed by atoms with Crippen LogP contribution >= 0.6 is 12.2 Å². The number of ether oxygens (including phenoxy) is 1. The maximum absolute atomic E-state index is 13.8. The lowest BCUT2D eigenvalue weighted by atomic mass is 10.1. The first-order valence-corrected chi connectivity index (χ1v) is 5.75. The van der Waals surface area contributed by atoms with E-state index in [-0.39, 0.29) is 10.3 Å². The van der Waals surface area contributed by atoms with Gasteiger partial charge >= 0.3 is 0 Å². The highest BCUT2D eigenvalue weighted by molar-refractivity contribution is 7.71. The number of aryl methyl sites for hydroxylation is 1. The van der Waals surface area contributed by atoms with Crippen LogP contribution in [-0.4, -0.2) is 44.8 Å². The third kappa shape index (κ3) is 2.12. The number of alkyl halides is 1.